The van der Waals surface area contributed by atoms with Gasteiger partial charge in [0.05, 0.1) is 10.6 Å². The van der Waals surface area contributed by atoms with Gasteiger partial charge in [-0.2, -0.15) is 0 Å². The van der Waals surface area contributed by atoms with Crippen LogP contribution in [0.4, 0.5) is 0 Å². The van der Waals surface area contributed by atoms with E-state index in [1.165, 1.54) is 13.0 Å². The zero-order valence-electron chi connectivity index (χ0n) is 8.23. The summed E-state index contributed by atoms with van der Waals surface area (Å²) in [4.78, 5) is 10.0. The van der Waals surface area contributed by atoms with E-state index in [4.69, 9.17) is 0 Å². The summed E-state index contributed by atoms with van der Waals surface area (Å²) in [6.07, 6.45) is 5.06. The van der Waals surface area contributed by atoms with Crippen LogP contribution < -0.4 is 0 Å². The molecular formula is C10H12N2O2. The van der Waals surface area contributed by atoms with Gasteiger partial charge < -0.3 is 4.57 Å². The highest BCUT2D eigenvalue weighted by Crippen LogP contribution is 2.15. The van der Waals surface area contributed by atoms with Crippen molar-refractivity contribution < 1.29 is 4.92 Å². The summed E-state index contributed by atoms with van der Waals surface area (Å²) in [7, 11) is 1.84. The predicted molar refractivity (Wildman–Crippen MR) is 56.1 cm³/mol. The Bertz CT molecular complexity index is 402. The molecule has 0 saturated heterocycles. The predicted octanol–water partition coefficient (Wildman–Crippen LogP) is 2.31. The monoisotopic (exact) mass is 192 g/mol. The summed E-state index contributed by atoms with van der Waals surface area (Å²) in [6, 6.07) is 1.87. The van der Waals surface area contributed by atoms with Crippen molar-refractivity contribution in [2.75, 3.05) is 0 Å². The molecule has 1 rings (SSSR count). The largest absolute Gasteiger partial charge is 0.350 e. The maximum Gasteiger partial charge on any atom is 0.245 e. The van der Waals surface area contributed by atoms with Crippen molar-refractivity contribution in [3.63, 3.8) is 0 Å². The lowest BCUT2D eigenvalue weighted by Gasteiger charge is -1.98. The van der Waals surface area contributed by atoms with Gasteiger partial charge in [0.1, 0.15) is 0 Å². The Hall–Kier alpha value is -1.84. The van der Waals surface area contributed by atoms with Crippen LogP contribution in [-0.4, -0.2) is 9.49 Å². The zero-order valence-corrected chi connectivity index (χ0v) is 8.23. The molecule has 0 unspecified atom stereocenters. The fourth-order valence-corrected chi connectivity index (χ4v) is 1.17. The van der Waals surface area contributed by atoms with Crippen molar-refractivity contribution >= 4 is 12.2 Å². The summed E-state index contributed by atoms with van der Waals surface area (Å²) in [5.74, 6) is 0. The Morgan fingerprint density at radius 3 is 2.86 bits per heavy atom. The van der Waals surface area contributed by atoms with Gasteiger partial charge in [0.2, 0.25) is 5.70 Å². The van der Waals surface area contributed by atoms with Crippen molar-refractivity contribution in [3.8, 4) is 0 Å². The molecule has 0 fully saturated rings. The molecule has 0 N–H and O–H groups in total. The number of nitrogens with zero attached hydrogens (tertiary/aromatic N) is 2. The van der Waals surface area contributed by atoms with Gasteiger partial charge in [-0.3, -0.25) is 10.1 Å². The quantitative estimate of drug-likeness (QED) is 0.545. The molecule has 0 aromatic carbocycles. The van der Waals surface area contributed by atoms with Crippen molar-refractivity contribution in [1.29, 1.82) is 0 Å². The molecule has 1 heterocycles. The summed E-state index contributed by atoms with van der Waals surface area (Å²) < 4.78 is 1.82. The maximum absolute atomic E-state index is 10.4. The lowest BCUT2D eigenvalue weighted by atomic mass is 10.2. The number of aryl methyl sites for hydroxylation is 1. The number of allylic oxidation sites excluding steroid dienone is 1. The van der Waals surface area contributed by atoms with Crippen LogP contribution in [0.5, 0.6) is 0 Å². The van der Waals surface area contributed by atoms with Gasteiger partial charge in [0, 0.05) is 26.2 Å². The van der Waals surface area contributed by atoms with Crippen molar-refractivity contribution in [1.82, 2.24) is 4.57 Å². The highest BCUT2D eigenvalue weighted by Gasteiger charge is 2.07. The van der Waals surface area contributed by atoms with Gasteiger partial charge in [-0.25, -0.2) is 0 Å². The summed E-state index contributed by atoms with van der Waals surface area (Å²) >= 11 is 0. The molecule has 0 saturated carbocycles. The molecule has 0 bridgehead atoms. The van der Waals surface area contributed by atoms with Crippen LogP contribution in [0.3, 0.4) is 0 Å². The fourth-order valence-electron chi connectivity index (χ4n) is 1.17. The first-order valence-corrected chi connectivity index (χ1v) is 4.16. The Kier molecular flexibility index (Phi) is 2.86. The van der Waals surface area contributed by atoms with E-state index >= 15 is 0 Å². The maximum atomic E-state index is 10.4. The number of hydrogen-bond donors (Lipinski definition) is 0. The third kappa shape index (κ3) is 1.90. The lowest BCUT2D eigenvalue weighted by molar-refractivity contribution is -0.422. The first kappa shape index (κ1) is 10.2. The van der Waals surface area contributed by atoms with Crippen LogP contribution in [0.1, 0.15) is 18.2 Å². The van der Waals surface area contributed by atoms with Crippen molar-refractivity contribution in [2.45, 2.75) is 6.92 Å². The molecule has 0 aliphatic heterocycles. The number of aromatic nitrogens is 1. The second kappa shape index (κ2) is 3.91. The van der Waals surface area contributed by atoms with E-state index in [-0.39, 0.29) is 5.70 Å². The Morgan fingerprint density at radius 1 is 1.71 bits per heavy atom. The first-order chi connectivity index (χ1) is 6.56. The van der Waals surface area contributed by atoms with Crippen LogP contribution in [0, 0.1) is 10.1 Å². The van der Waals surface area contributed by atoms with Crippen molar-refractivity contribution in [3.05, 3.63) is 45.9 Å². The van der Waals surface area contributed by atoms with Gasteiger partial charge in [-0.05, 0) is 11.6 Å². The smallest absolute Gasteiger partial charge is 0.245 e. The summed E-state index contributed by atoms with van der Waals surface area (Å²) in [6.45, 7) is 5.12. The molecule has 1 aromatic rings. The van der Waals surface area contributed by atoms with Crippen LogP contribution in [0.25, 0.3) is 12.2 Å². The number of nitro groups is 1. The van der Waals surface area contributed by atoms with E-state index in [1.807, 2.05) is 23.9 Å². The molecule has 0 aliphatic carbocycles. The molecule has 0 amide bonds. The van der Waals surface area contributed by atoms with Crippen LogP contribution >= 0.6 is 0 Å². The van der Waals surface area contributed by atoms with Gasteiger partial charge in [-0.1, -0.05) is 12.7 Å². The molecule has 1 aromatic heterocycles. The molecule has 74 valence electrons. The minimum Gasteiger partial charge on any atom is -0.350 e. The minimum absolute atomic E-state index is 0.120. The summed E-state index contributed by atoms with van der Waals surface area (Å²) in [5, 5.41) is 10.4. The average Bonchev–Trinajstić information content (AvgIpc) is 2.47. The van der Waals surface area contributed by atoms with Crippen LogP contribution in [0.2, 0.25) is 0 Å². The van der Waals surface area contributed by atoms with E-state index in [1.54, 1.807) is 6.08 Å². The Labute approximate surface area is 82.3 Å². The van der Waals surface area contributed by atoms with Gasteiger partial charge in [0.25, 0.3) is 0 Å². The standard InChI is InChI=1S/C10H12N2O2/c1-4-9-5-6-11(3)10(9)7-8(2)12(13)14/h4-7H,1H2,2-3H3/b8-7+. The molecule has 0 spiro atoms. The Morgan fingerprint density at radius 2 is 2.36 bits per heavy atom. The normalized spacial score (nSPS) is 11.4. The second-order valence-electron chi connectivity index (χ2n) is 3.01. The molecule has 0 aliphatic rings. The van der Waals surface area contributed by atoms with Gasteiger partial charge >= 0.3 is 0 Å². The molecule has 0 radical (unpaired) electrons. The highest BCUT2D eigenvalue weighted by molar-refractivity contribution is 5.62. The van der Waals surface area contributed by atoms with Crippen molar-refractivity contribution in [2.24, 2.45) is 7.05 Å². The fraction of sp³-hybridized carbons (Fsp3) is 0.200. The van der Waals surface area contributed by atoms with E-state index in [0.717, 1.165) is 11.3 Å². The van der Waals surface area contributed by atoms with E-state index in [0.29, 0.717) is 0 Å². The summed E-state index contributed by atoms with van der Waals surface area (Å²) in [5.41, 5.74) is 1.82. The zero-order chi connectivity index (χ0) is 10.7. The SMILES string of the molecule is C=Cc1ccn(C)c1/C=C(\C)[N+](=O)[O-]. The number of hydrogen-bond acceptors (Lipinski definition) is 2. The first-order valence-electron chi connectivity index (χ1n) is 4.16. The van der Waals surface area contributed by atoms with Gasteiger partial charge in [0.15, 0.2) is 0 Å². The highest BCUT2D eigenvalue weighted by atomic mass is 16.6. The molecule has 4 heteroatoms. The van der Waals surface area contributed by atoms with E-state index in [2.05, 4.69) is 6.58 Å². The average molecular weight is 192 g/mol. The topological polar surface area (TPSA) is 48.1 Å². The van der Waals surface area contributed by atoms with E-state index < -0.39 is 4.92 Å². The number of rotatable bonds is 3. The van der Waals surface area contributed by atoms with Crippen LogP contribution in [0.15, 0.2) is 24.5 Å². The molecule has 4 nitrogen and oxygen atoms in total. The van der Waals surface area contributed by atoms with E-state index in [9.17, 15) is 10.1 Å². The molecular weight excluding hydrogens is 180 g/mol. The Balaban J connectivity index is 3.18. The third-order valence-electron chi connectivity index (χ3n) is 2.01. The third-order valence-corrected chi connectivity index (χ3v) is 2.01. The molecule has 0 atom stereocenters. The minimum atomic E-state index is -0.403. The molecule has 14 heavy (non-hydrogen) atoms. The second-order valence-corrected chi connectivity index (χ2v) is 3.01. The lowest BCUT2D eigenvalue weighted by Crippen LogP contribution is -1.96. The van der Waals surface area contributed by atoms with Crippen LogP contribution in [-0.2, 0) is 7.05 Å². The van der Waals surface area contributed by atoms with Gasteiger partial charge in [-0.15, -0.1) is 0 Å².